The number of carbonyl (C=O) groups excluding carboxylic acids is 1. The van der Waals surface area contributed by atoms with Gasteiger partial charge in [-0.3, -0.25) is 15.1 Å². The van der Waals surface area contributed by atoms with Crippen LogP contribution < -0.4 is 5.32 Å². The molecule has 0 spiro atoms. The number of carbonyl (C=O) groups is 1. The maximum absolute atomic E-state index is 12.8. The summed E-state index contributed by atoms with van der Waals surface area (Å²) >= 11 is 0. The number of aromatic nitrogens is 2. The molecule has 0 aliphatic rings. The standard InChI is InChI=1S/C11H7F3N4O3/c12-11(13,14)8-1-2-15-5-7(8)10(19)17-9-3-6(4-16-20)18-21-9/h1-5,20H,(H,17,19)/b16-4-. The minimum atomic E-state index is -4.69. The summed E-state index contributed by atoms with van der Waals surface area (Å²) in [5.74, 6) is -1.26. The molecule has 2 N–H and O–H groups in total. The molecule has 2 heterocycles. The Hall–Kier alpha value is -2.91. The van der Waals surface area contributed by atoms with E-state index in [1.165, 1.54) is 6.07 Å². The predicted octanol–water partition coefficient (Wildman–Crippen LogP) is 2.15. The highest BCUT2D eigenvalue weighted by molar-refractivity contribution is 6.04. The van der Waals surface area contributed by atoms with Crippen LogP contribution in [0.1, 0.15) is 21.6 Å². The van der Waals surface area contributed by atoms with E-state index in [1.54, 1.807) is 0 Å². The van der Waals surface area contributed by atoms with Crippen molar-refractivity contribution in [1.82, 2.24) is 10.1 Å². The third-order valence-corrected chi connectivity index (χ3v) is 2.33. The molecular weight excluding hydrogens is 293 g/mol. The van der Waals surface area contributed by atoms with E-state index in [9.17, 15) is 18.0 Å². The molecule has 0 saturated heterocycles. The summed E-state index contributed by atoms with van der Waals surface area (Å²) in [5.41, 5.74) is -1.69. The van der Waals surface area contributed by atoms with Gasteiger partial charge in [0.1, 0.15) is 5.69 Å². The van der Waals surface area contributed by atoms with Gasteiger partial charge in [-0.2, -0.15) is 13.2 Å². The third kappa shape index (κ3) is 3.35. The Morgan fingerprint density at radius 1 is 1.48 bits per heavy atom. The summed E-state index contributed by atoms with van der Waals surface area (Å²) in [6.07, 6.45) is -2.04. The summed E-state index contributed by atoms with van der Waals surface area (Å²) in [4.78, 5) is 15.3. The first-order valence-corrected chi connectivity index (χ1v) is 5.38. The normalized spacial score (nSPS) is 11.8. The van der Waals surface area contributed by atoms with Crippen molar-refractivity contribution < 1.29 is 27.7 Å². The van der Waals surface area contributed by atoms with Crippen LogP contribution in [0.25, 0.3) is 0 Å². The fraction of sp³-hybridized carbons (Fsp3) is 0.0909. The number of hydrogen-bond acceptors (Lipinski definition) is 6. The van der Waals surface area contributed by atoms with Gasteiger partial charge in [-0.25, -0.2) is 0 Å². The van der Waals surface area contributed by atoms with Crippen LogP contribution in [0.5, 0.6) is 0 Å². The first-order chi connectivity index (χ1) is 9.91. The average molecular weight is 300 g/mol. The van der Waals surface area contributed by atoms with Crippen molar-refractivity contribution >= 4 is 18.0 Å². The maximum Gasteiger partial charge on any atom is 0.417 e. The molecule has 0 aliphatic heterocycles. The zero-order valence-corrected chi connectivity index (χ0v) is 10.1. The second-order valence-electron chi connectivity index (χ2n) is 3.73. The Bertz CT molecular complexity index is 681. The largest absolute Gasteiger partial charge is 0.417 e. The quantitative estimate of drug-likeness (QED) is 0.514. The lowest BCUT2D eigenvalue weighted by Crippen LogP contribution is -2.18. The monoisotopic (exact) mass is 300 g/mol. The number of hydrogen-bond donors (Lipinski definition) is 2. The topological polar surface area (TPSA) is 101 Å². The Balaban J connectivity index is 2.24. The van der Waals surface area contributed by atoms with Gasteiger partial charge in [-0.05, 0) is 6.07 Å². The number of alkyl halides is 3. The molecule has 10 heteroatoms. The highest BCUT2D eigenvalue weighted by Crippen LogP contribution is 2.31. The summed E-state index contributed by atoms with van der Waals surface area (Å²) in [7, 11) is 0. The van der Waals surface area contributed by atoms with Gasteiger partial charge in [-0.15, -0.1) is 0 Å². The van der Waals surface area contributed by atoms with Crippen LogP contribution in [0.3, 0.4) is 0 Å². The zero-order chi connectivity index (χ0) is 15.5. The van der Waals surface area contributed by atoms with Crippen molar-refractivity contribution in [3.63, 3.8) is 0 Å². The van der Waals surface area contributed by atoms with Crippen molar-refractivity contribution in [3.8, 4) is 0 Å². The van der Waals surface area contributed by atoms with Crippen molar-refractivity contribution in [1.29, 1.82) is 0 Å². The SMILES string of the molecule is O=C(Nc1cc(/C=N\O)no1)c1cnccc1C(F)(F)F. The third-order valence-electron chi connectivity index (χ3n) is 2.33. The van der Waals surface area contributed by atoms with Crippen LogP contribution in [-0.4, -0.2) is 27.5 Å². The van der Waals surface area contributed by atoms with Crippen LogP contribution in [0.15, 0.2) is 34.2 Å². The first-order valence-electron chi connectivity index (χ1n) is 5.38. The maximum atomic E-state index is 12.8. The molecule has 0 fully saturated rings. The summed E-state index contributed by atoms with van der Waals surface area (Å²) < 4.78 is 42.9. The van der Waals surface area contributed by atoms with E-state index < -0.39 is 23.2 Å². The lowest BCUT2D eigenvalue weighted by atomic mass is 10.1. The molecule has 7 nitrogen and oxygen atoms in total. The van der Waals surface area contributed by atoms with Crippen LogP contribution in [0.2, 0.25) is 0 Å². The number of nitrogens with one attached hydrogen (secondary N) is 1. The Morgan fingerprint density at radius 3 is 2.90 bits per heavy atom. The Kier molecular flexibility index (Phi) is 3.87. The van der Waals surface area contributed by atoms with E-state index in [2.05, 4.69) is 25.1 Å². The second-order valence-corrected chi connectivity index (χ2v) is 3.73. The van der Waals surface area contributed by atoms with E-state index in [4.69, 9.17) is 5.21 Å². The molecule has 0 bridgehead atoms. The average Bonchev–Trinajstić information content (AvgIpc) is 2.85. The number of oxime groups is 1. The molecule has 2 aromatic heterocycles. The summed E-state index contributed by atoms with van der Waals surface area (Å²) in [5, 5.41) is 16.5. The highest BCUT2D eigenvalue weighted by atomic mass is 19.4. The van der Waals surface area contributed by atoms with Crippen LogP contribution in [0.4, 0.5) is 19.1 Å². The van der Waals surface area contributed by atoms with Crippen molar-refractivity contribution in [3.05, 3.63) is 41.3 Å². The Labute approximate surface area is 115 Å². The number of amides is 1. The number of nitrogens with zero attached hydrogens (tertiary/aromatic N) is 3. The van der Waals surface area contributed by atoms with Crippen molar-refractivity contribution in [2.45, 2.75) is 6.18 Å². The van der Waals surface area contributed by atoms with Gasteiger partial charge >= 0.3 is 6.18 Å². The number of anilines is 1. The molecule has 110 valence electrons. The minimum Gasteiger partial charge on any atom is -0.411 e. The minimum absolute atomic E-state index is 0.0787. The molecule has 2 aromatic rings. The molecule has 0 aromatic carbocycles. The fourth-order valence-corrected chi connectivity index (χ4v) is 1.47. The molecule has 2 rings (SSSR count). The summed E-state index contributed by atoms with van der Waals surface area (Å²) in [6.45, 7) is 0. The first kappa shape index (κ1) is 14.5. The molecule has 0 aliphatic carbocycles. The summed E-state index contributed by atoms with van der Waals surface area (Å²) in [6, 6.07) is 1.86. The van der Waals surface area contributed by atoms with Crippen LogP contribution >= 0.6 is 0 Å². The second kappa shape index (κ2) is 5.61. The van der Waals surface area contributed by atoms with E-state index in [-0.39, 0.29) is 11.6 Å². The van der Waals surface area contributed by atoms with E-state index in [0.717, 1.165) is 18.6 Å². The van der Waals surface area contributed by atoms with Gasteiger partial charge in [0.05, 0.1) is 17.3 Å². The van der Waals surface area contributed by atoms with Gasteiger partial charge in [0.15, 0.2) is 0 Å². The van der Waals surface area contributed by atoms with Gasteiger partial charge in [0, 0.05) is 18.5 Å². The number of pyridine rings is 1. The van der Waals surface area contributed by atoms with Crippen LogP contribution in [-0.2, 0) is 6.18 Å². The smallest absolute Gasteiger partial charge is 0.411 e. The molecule has 0 radical (unpaired) electrons. The van der Waals surface area contributed by atoms with Crippen LogP contribution in [0, 0.1) is 0 Å². The molecule has 1 amide bonds. The fourth-order valence-electron chi connectivity index (χ4n) is 1.47. The van der Waals surface area contributed by atoms with Crippen molar-refractivity contribution in [2.24, 2.45) is 5.16 Å². The molecule has 0 unspecified atom stereocenters. The van der Waals surface area contributed by atoms with Gasteiger partial charge in [0.25, 0.3) is 5.91 Å². The molecule has 21 heavy (non-hydrogen) atoms. The van der Waals surface area contributed by atoms with E-state index in [1.807, 2.05) is 0 Å². The predicted molar refractivity (Wildman–Crippen MR) is 63.1 cm³/mol. The number of rotatable bonds is 3. The lowest BCUT2D eigenvalue weighted by molar-refractivity contribution is -0.138. The zero-order valence-electron chi connectivity index (χ0n) is 10.1. The Morgan fingerprint density at radius 2 is 2.24 bits per heavy atom. The lowest BCUT2D eigenvalue weighted by Gasteiger charge is -2.10. The van der Waals surface area contributed by atoms with Gasteiger partial charge in [0.2, 0.25) is 5.88 Å². The van der Waals surface area contributed by atoms with E-state index in [0.29, 0.717) is 6.07 Å². The molecule has 0 saturated carbocycles. The molecule has 0 atom stereocenters. The number of halogens is 3. The van der Waals surface area contributed by atoms with Gasteiger partial charge in [-0.1, -0.05) is 10.3 Å². The molecular formula is C11H7F3N4O3. The highest BCUT2D eigenvalue weighted by Gasteiger charge is 2.35. The van der Waals surface area contributed by atoms with Crippen molar-refractivity contribution in [2.75, 3.05) is 5.32 Å². The van der Waals surface area contributed by atoms with E-state index >= 15 is 0 Å². The van der Waals surface area contributed by atoms with Gasteiger partial charge < -0.3 is 9.73 Å².